The van der Waals surface area contributed by atoms with Crippen molar-refractivity contribution in [3.63, 3.8) is 0 Å². The first-order chi connectivity index (χ1) is 9.58. The van der Waals surface area contributed by atoms with Crippen LogP contribution in [0.2, 0.25) is 0 Å². The average Bonchev–Trinajstić information content (AvgIpc) is 3.02. The molecule has 0 spiro atoms. The Morgan fingerprint density at radius 1 is 1.55 bits per heavy atom. The number of hydrogen-bond acceptors (Lipinski definition) is 3. The van der Waals surface area contributed by atoms with E-state index in [0.717, 1.165) is 18.5 Å². The van der Waals surface area contributed by atoms with Gasteiger partial charge in [0.05, 0.1) is 11.6 Å². The lowest BCUT2D eigenvalue weighted by atomic mass is 9.96. The van der Waals surface area contributed by atoms with Gasteiger partial charge in [0.15, 0.2) is 0 Å². The number of carbonyl (C=O) groups excluding carboxylic acids is 1. The molecule has 20 heavy (non-hydrogen) atoms. The molecule has 0 aromatic carbocycles. The number of nitrogens with zero attached hydrogens (tertiary/aromatic N) is 2. The Kier molecular flexibility index (Phi) is 4.55. The molecule has 0 saturated heterocycles. The van der Waals surface area contributed by atoms with E-state index in [9.17, 15) is 9.59 Å². The van der Waals surface area contributed by atoms with Crippen LogP contribution in [0, 0.1) is 11.8 Å². The molecule has 1 aromatic rings. The van der Waals surface area contributed by atoms with Gasteiger partial charge in [0, 0.05) is 25.9 Å². The summed E-state index contributed by atoms with van der Waals surface area (Å²) < 4.78 is 1.67. The summed E-state index contributed by atoms with van der Waals surface area (Å²) in [5.41, 5.74) is 0.837. The van der Waals surface area contributed by atoms with E-state index in [1.165, 1.54) is 6.08 Å². The normalized spacial score (nSPS) is 22.2. The summed E-state index contributed by atoms with van der Waals surface area (Å²) in [5, 5.41) is 15.8. The summed E-state index contributed by atoms with van der Waals surface area (Å²) in [7, 11) is 1.80. The van der Waals surface area contributed by atoms with Crippen LogP contribution >= 0.6 is 0 Å². The third-order valence-corrected chi connectivity index (χ3v) is 3.78. The summed E-state index contributed by atoms with van der Waals surface area (Å²) in [6.07, 6.45) is 7.28. The maximum atomic E-state index is 11.7. The van der Waals surface area contributed by atoms with E-state index in [2.05, 4.69) is 10.4 Å². The standard InChI is InChI=1S/C14H19N3O3/c1-17-11(7-8-16-17)5-6-13(18)15-9-10-3-2-4-12(10)14(19)20/h5-8,10,12H,2-4,9H2,1H3,(H,15,18)(H,19,20). The molecule has 108 valence electrons. The SMILES string of the molecule is Cn1nccc1C=CC(=O)NCC1CCCC1C(=O)O. The molecular weight excluding hydrogens is 258 g/mol. The van der Waals surface area contributed by atoms with Gasteiger partial charge in [0.2, 0.25) is 5.91 Å². The van der Waals surface area contributed by atoms with Crippen molar-refractivity contribution in [1.29, 1.82) is 0 Å². The van der Waals surface area contributed by atoms with Gasteiger partial charge in [-0.2, -0.15) is 5.10 Å². The zero-order valence-corrected chi connectivity index (χ0v) is 11.5. The fourth-order valence-corrected chi connectivity index (χ4v) is 2.61. The second-order valence-electron chi connectivity index (χ2n) is 5.09. The van der Waals surface area contributed by atoms with Crippen molar-refractivity contribution >= 4 is 18.0 Å². The Morgan fingerprint density at radius 3 is 3.00 bits per heavy atom. The van der Waals surface area contributed by atoms with Crippen LogP contribution in [-0.2, 0) is 16.6 Å². The van der Waals surface area contributed by atoms with Crippen LogP contribution in [-0.4, -0.2) is 33.3 Å². The minimum absolute atomic E-state index is 0.0431. The van der Waals surface area contributed by atoms with Gasteiger partial charge in [-0.3, -0.25) is 14.3 Å². The van der Waals surface area contributed by atoms with Crippen molar-refractivity contribution < 1.29 is 14.7 Å². The van der Waals surface area contributed by atoms with E-state index in [-0.39, 0.29) is 17.7 Å². The lowest BCUT2D eigenvalue weighted by Gasteiger charge is -2.15. The first-order valence-corrected chi connectivity index (χ1v) is 6.74. The minimum atomic E-state index is -0.757. The van der Waals surface area contributed by atoms with Crippen molar-refractivity contribution in [1.82, 2.24) is 15.1 Å². The molecule has 0 bridgehead atoms. The Hall–Kier alpha value is -2.11. The third-order valence-electron chi connectivity index (χ3n) is 3.78. The monoisotopic (exact) mass is 277 g/mol. The Bertz CT molecular complexity index is 521. The molecule has 1 aliphatic rings. The molecule has 1 heterocycles. The fraction of sp³-hybridized carbons (Fsp3) is 0.500. The Morgan fingerprint density at radius 2 is 2.35 bits per heavy atom. The molecule has 1 aromatic heterocycles. The van der Waals surface area contributed by atoms with Crippen LogP contribution < -0.4 is 5.32 Å². The number of rotatable bonds is 5. The van der Waals surface area contributed by atoms with Gasteiger partial charge >= 0.3 is 5.97 Å². The van der Waals surface area contributed by atoms with Crippen LogP contribution in [0.15, 0.2) is 18.3 Å². The molecule has 1 saturated carbocycles. The Balaban J connectivity index is 1.82. The second-order valence-corrected chi connectivity index (χ2v) is 5.09. The Labute approximate surface area is 117 Å². The zero-order chi connectivity index (χ0) is 14.5. The maximum absolute atomic E-state index is 11.7. The van der Waals surface area contributed by atoms with Gasteiger partial charge in [-0.1, -0.05) is 6.42 Å². The highest BCUT2D eigenvalue weighted by atomic mass is 16.4. The number of carboxylic acid groups (broad SMARTS) is 1. The molecule has 2 unspecified atom stereocenters. The number of nitrogens with one attached hydrogen (secondary N) is 1. The fourth-order valence-electron chi connectivity index (χ4n) is 2.61. The van der Waals surface area contributed by atoms with Gasteiger partial charge < -0.3 is 10.4 Å². The summed E-state index contributed by atoms with van der Waals surface area (Å²) in [6, 6.07) is 1.81. The van der Waals surface area contributed by atoms with Crippen LogP contribution in [0.25, 0.3) is 6.08 Å². The van der Waals surface area contributed by atoms with E-state index >= 15 is 0 Å². The van der Waals surface area contributed by atoms with Crippen molar-refractivity contribution in [3.05, 3.63) is 24.0 Å². The topological polar surface area (TPSA) is 84.2 Å². The first-order valence-electron chi connectivity index (χ1n) is 6.74. The molecule has 6 nitrogen and oxygen atoms in total. The zero-order valence-electron chi connectivity index (χ0n) is 11.5. The highest BCUT2D eigenvalue weighted by Gasteiger charge is 2.32. The second kappa shape index (κ2) is 6.36. The number of aryl methyl sites for hydroxylation is 1. The predicted molar refractivity (Wildman–Crippen MR) is 73.7 cm³/mol. The van der Waals surface area contributed by atoms with Crippen LogP contribution in [0.4, 0.5) is 0 Å². The number of amides is 1. The van der Waals surface area contributed by atoms with E-state index in [0.29, 0.717) is 13.0 Å². The van der Waals surface area contributed by atoms with Crippen LogP contribution in [0.5, 0.6) is 0 Å². The van der Waals surface area contributed by atoms with Crippen molar-refractivity contribution in [2.24, 2.45) is 18.9 Å². The van der Waals surface area contributed by atoms with Gasteiger partial charge in [-0.15, -0.1) is 0 Å². The van der Waals surface area contributed by atoms with E-state index in [4.69, 9.17) is 5.11 Å². The smallest absolute Gasteiger partial charge is 0.306 e. The predicted octanol–water partition coefficient (Wildman–Crippen LogP) is 1.05. The molecule has 0 aliphatic heterocycles. The highest BCUT2D eigenvalue weighted by molar-refractivity contribution is 5.91. The number of carbonyl (C=O) groups is 2. The van der Waals surface area contributed by atoms with Gasteiger partial charge in [0.25, 0.3) is 0 Å². The molecule has 1 aliphatic carbocycles. The van der Waals surface area contributed by atoms with Gasteiger partial charge in [-0.05, 0) is 30.9 Å². The van der Waals surface area contributed by atoms with E-state index in [1.807, 2.05) is 0 Å². The molecule has 0 radical (unpaired) electrons. The number of carboxylic acids is 1. The van der Waals surface area contributed by atoms with Crippen molar-refractivity contribution in [2.45, 2.75) is 19.3 Å². The first kappa shape index (κ1) is 14.3. The average molecular weight is 277 g/mol. The summed E-state index contributed by atoms with van der Waals surface area (Å²) >= 11 is 0. The molecule has 2 rings (SSSR count). The summed E-state index contributed by atoms with van der Waals surface area (Å²) in [5.74, 6) is -1.24. The molecule has 1 amide bonds. The van der Waals surface area contributed by atoms with Crippen LogP contribution in [0.3, 0.4) is 0 Å². The summed E-state index contributed by atoms with van der Waals surface area (Å²) in [6.45, 7) is 0.422. The maximum Gasteiger partial charge on any atom is 0.306 e. The van der Waals surface area contributed by atoms with Crippen LogP contribution in [0.1, 0.15) is 25.0 Å². The molecular formula is C14H19N3O3. The van der Waals surface area contributed by atoms with Crippen molar-refractivity contribution in [2.75, 3.05) is 6.54 Å². The quantitative estimate of drug-likeness (QED) is 0.788. The number of aliphatic carboxylic acids is 1. The third kappa shape index (κ3) is 3.46. The van der Waals surface area contributed by atoms with Gasteiger partial charge in [0.1, 0.15) is 0 Å². The molecule has 6 heteroatoms. The molecule has 1 fully saturated rings. The number of aromatic nitrogens is 2. The summed E-state index contributed by atoms with van der Waals surface area (Å²) in [4.78, 5) is 22.7. The van der Waals surface area contributed by atoms with E-state index < -0.39 is 5.97 Å². The molecule has 2 N–H and O–H groups in total. The lowest BCUT2D eigenvalue weighted by Crippen LogP contribution is -2.32. The van der Waals surface area contributed by atoms with Gasteiger partial charge in [-0.25, -0.2) is 0 Å². The highest BCUT2D eigenvalue weighted by Crippen LogP contribution is 2.31. The minimum Gasteiger partial charge on any atom is -0.481 e. The largest absolute Gasteiger partial charge is 0.481 e. The lowest BCUT2D eigenvalue weighted by molar-refractivity contribution is -0.143. The van der Waals surface area contributed by atoms with Crippen molar-refractivity contribution in [3.8, 4) is 0 Å². The molecule has 2 atom stereocenters. The van der Waals surface area contributed by atoms with E-state index in [1.54, 1.807) is 30.1 Å². The number of hydrogen-bond donors (Lipinski definition) is 2.